The average Bonchev–Trinajstić information content (AvgIpc) is 2.27. The average molecular weight is 248 g/mol. The van der Waals surface area contributed by atoms with Crippen LogP contribution in [0.1, 0.15) is 27.7 Å². The van der Waals surface area contributed by atoms with Crippen molar-refractivity contribution in [1.29, 1.82) is 0 Å². The van der Waals surface area contributed by atoms with Crippen LogP contribution in [0.2, 0.25) is 0 Å². The van der Waals surface area contributed by atoms with E-state index in [1.54, 1.807) is 20.8 Å². The second-order valence-corrected chi connectivity index (χ2v) is 3.57. The molecule has 5 heteroatoms. The maximum Gasteiger partial charge on any atom is 0.366 e. The second kappa shape index (κ2) is 9.13. The molecule has 0 aromatic heterocycles. The van der Waals surface area contributed by atoms with Gasteiger partial charge in [0.2, 0.25) is 5.83 Å². The second-order valence-electron chi connectivity index (χ2n) is 3.57. The van der Waals surface area contributed by atoms with E-state index in [1.807, 2.05) is 6.92 Å². The quantitative estimate of drug-likeness (QED) is 0.376. The van der Waals surface area contributed by atoms with Crippen molar-refractivity contribution >= 4 is 5.97 Å². The number of ether oxygens (including phenoxy) is 3. The van der Waals surface area contributed by atoms with Crippen molar-refractivity contribution in [1.82, 2.24) is 0 Å². The van der Waals surface area contributed by atoms with Gasteiger partial charge in [-0.1, -0.05) is 6.92 Å². The SMILES string of the molecule is CCOC(=O)/C(F)=C/[C@@H](C)COC(C)OCC. The first-order valence-corrected chi connectivity index (χ1v) is 5.78. The molecule has 0 aliphatic heterocycles. The van der Waals surface area contributed by atoms with Gasteiger partial charge in [0.25, 0.3) is 0 Å². The summed E-state index contributed by atoms with van der Waals surface area (Å²) < 4.78 is 28.2. The Kier molecular flexibility index (Phi) is 8.62. The van der Waals surface area contributed by atoms with Gasteiger partial charge in [0.1, 0.15) is 0 Å². The van der Waals surface area contributed by atoms with Crippen LogP contribution < -0.4 is 0 Å². The third-order valence-corrected chi connectivity index (χ3v) is 1.90. The maximum absolute atomic E-state index is 13.2. The zero-order chi connectivity index (χ0) is 13.3. The van der Waals surface area contributed by atoms with E-state index in [9.17, 15) is 9.18 Å². The summed E-state index contributed by atoms with van der Waals surface area (Å²) >= 11 is 0. The van der Waals surface area contributed by atoms with Crippen LogP contribution >= 0.6 is 0 Å². The maximum atomic E-state index is 13.2. The van der Waals surface area contributed by atoms with Gasteiger partial charge in [-0.2, -0.15) is 4.39 Å². The third kappa shape index (κ3) is 7.88. The van der Waals surface area contributed by atoms with E-state index in [-0.39, 0.29) is 25.4 Å². The Bertz CT molecular complexity index is 253. The highest BCUT2D eigenvalue weighted by atomic mass is 19.1. The largest absolute Gasteiger partial charge is 0.461 e. The van der Waals surface area contributed by atoms with E-state index in [0.29, 0.717) is 6.61 Å². The molecular formula is C12H21FO4. The number of hydrogen-bond donors (Lipinski definition) is 0. The van der Waals surface area contributed by atoms with Crippen molar-refractivity contribution in [2.45, 2.75) is 34.0 Å². The zero-order valence-corrected chi connectivity index (χ0v) is 10.9. The number of hydrogen-bond acceptors (Lipinski definition) is 4. The highest BCUT2D eigenvalue weighted by molar-refractivity contribution is 5.85. The predicted octanol–water partition coefficient (Wildman–Crippen LogP) is 2.44. The lowest BCUT2D eigenvalue weighted by Crippen LogP contribution is -2.17. The Morgan fingerprint density at radius 3 is 2.41 bits per heavy atom. The molecule has 0 aliphatic rings. The first-order valence-electron chi connectivity index (χ1n) is 5.78. The van der Waals surface area contributed by atoms with E-state index in [0.717, 1.165) is 0 Å². The highest BCUT2D eigenvalue weighted by Gasteiger charge is 2.12. The highest BCUT2D eigenvalue weighted by Crippen LogP contribution is 2.08. The van der Waals surface area contributed by atoms with Gasteiger partial charge in [-0.15, -0.1) is 0 Å². The summed E-state index contributed by atoms with van der Waals surface area (Å²) in [4.78, 5) is 11.0. The van der Waals surface area contributed by atoms with Crippen LogP contribution in [-0.2, 0) is 19.0 Å². The molecule has 0 rings (SSSR count). The first-order chi connectivity index (χ1) is 8.01. The molecule has 0 saturated carbocycles. The van der Waals surface area contributed by atoms with Crippen LogP contribution in [0, 0.1) is 5.92 Å². The number of rotatable bonds is 8. The summed E-state index contributed by atoms with van der Waals surface area (Å²) in [6, 6.07) is 0. The van der Waals surface area contributed by atoms with Gasteiger partial charge in [0, 0.05) is 12.5 Å². The van der Waals surface area contributed by atoms with Crippen molar-refractivity contribution in [2.24, 2.45) is 5.92 Å². The van der Waals surface area contributed by atoms with Crippen molar-refractivity contribution < 1.29 is 23.4 Å². The van der Waals surface area contributed by atoms with Crippen molar-refractivity contribution in [3.63, 3.8) is 0 Å². The molecule has 100 valence electrons. The van der Waals surface area contributed by atoms with E-state index in [1.165, 1.54) is 6.08 Å². The van der Waals surface area contributed by atoms with Gasteiger partial charge in [-0.3, -0.25) is 0 Å². The van der Waals surface area contributed by atoms with E-state index in [2.05, 4.69) is 4.74 Å². The Morgan fingerprint density at radius 2 is 1.88 bits per heavy atom. The molecule has 17 heavy (non-hydrogen) atoms. The first kappa shape index (κ1) is 16.1. The fourth-order valence-electron chi connectivity index (χ4n) is 1.14. The summed E-state index contributed by atoms with van der Waals surface area (Å²) in [6.45, 7) is 8.01. The van der Waals surface area contributed by atoms with Crippen molar-refractivity contribution in [3.05, 3.63) is 11.9 Å². The van der Waals surface area contributed by atoms with Crippen LogP contribution in [-0.4, -0.2) is 32.1 Å². The minimum atomic E-state index is -0.933. The molecule has 1 unspecified atom stereocenters. The molecule has 0 bridgehead atoms. The Labute approximate surface area is 102 Å². The van der Waals surface area contributed by atoms with E-state index < -0.39 is 11.8 Å². The fraction of sp³-hybridized carbons (Fsp3) is 0.750. The minimum absolute atomic E-state index is 0.159. The summed E-state index contributed by atoms with van der Waals surface area (Å²) in [5, 5.41) is 0. The molecule has 2 atom stereocenters. The van der Waals surface area contributed by atoms with E-state index in [4.69, 9.17) is 9.47 Å². The molecular weight excluding hydrogens is 227 g/mol. The summed E-state index contributed by atoms with van der Waals surface area (Å²) in [7, 11) is 0. The number of carbonyl (C=O) groups is 1. The molecule has 0 radical (unpaired) electrons. The lowest BCUT2D eigenvalue weighted by Gasteiger charge is -2.14. The molecule has 0 fully saturated rings. The fourth-order valence-corrected chi connectivity index (χ4v) is 1.14. The summed E-state index contributed by atoms with van der Waals surface area (Å²) in [6.07, 6.45) is 0.859. The molecule has 0 aliphatic carbocycles. The van der Waals surface area contributed by atoms with Gasteiger partial charge in [-0.05, 0) is 26.8 Å². The number of esters is 1. The van der Waals surface area contributed by atoms with Gasteiger partial charge >= 0.3 is 5.97 Å². The molecule has 0 heterocycles. The minimum Gasteiger partial charge on any atom is -0.461 e. The topological polar surface area (TPSA) is 44.8 Å². The molecule has 0 amide bonds. The van der Waals surface area contributed by atoms with Gasteiger partial charge in [0.15, 0.2) is 6.29 Å². The molecule has 4 nitrogen and oxygen atoms in total. The summed E-state index contributed by atoms with van der Waals surface area (Å²) in [5.74, 6) is -2.04. The number of halogens is 1. The Hall–Kier alpha value is -0.940. The van der Waals surface area contributed by atoms with Crippen molar-refractivity contribution in [3.8, 4) is 0 Å². The lowest BCUT2D eigenvalue weighted by atomic mass is 10.2. The zero-order valence-electron chi connectivity index (χ0n) is 10.9. The molecule has 0 saturated heterocycles. The van der Waals surface area contributed by atoms with E-state index >= 15 is 0 Å². The predicted molar refractivity (Wildman–Crippen MR) is 62.0 cm³/mol. The third-order valence-electron chi connectivity index (χ3n) is 1.90. The monoisotopic (exact) mass is 248 g/mol. The summed E-state index contributed by atoms with van der Waals surface area (Å²) in [5.41, 5.74) is 0. The van der Waals surface area contributed by atoms with Gasteiger partial charge in [0.05, 0.1) is 13.2 Å². The van der Waals surface area contributed by atoms with Crippen LogP contribution in [0.25, 0.3) is 0 Å². The molecule has 0 spiro atoms. The van der Waals surface area contributed by atoms with Crippen molar-refractivity contribution in [2.75, 3.05) is 19.8 Å². The number of carbonyl (C=O) groups excluding carboxylic acids is 1. The van der Waals surface area contributed by atoms with Crippen LogP contribution in [0.4, 0.5) is 4.39 Å². The van der Waals surface area contributed by atoms with Crippen LogP contribution in [0.15, 0.2) is 11.9 Å². The van der Waals surface area contributed by atoms with Gasteiger partial charge in [-0.25, -0.2) is 4.79 Å². The Morgan fingerprint density at radius 1 is 1.24 bits per heavy atom. The standard InChI is InChI=1S/C12H21FO4/c1-5-15-10(4)17-8-9(3)7-11(13)12(14)16-6-2/h7,9-10H,5-6,8H2,1-4H3/b11-7-/t9-,10?/m1/s1. The Balaban J connectivity index is 4.02. The molecule has 0 aromatic carbocycles. The lowest BCUT2D eigenvalue weighted by molar-refractivity contribution is -0.140. The smallest absolute Gasteiger partial charge is 0.366 e. The van der Waals surface area contributed by atoms with Gasteiger partial charge < -0.3 is 14.2 Å². The molecule has 0 N–H and O–H groups in total. The van der Waals surface area contributed by atoms with Crippen LogP contribution in [0.3, 0.4) is 0 Å². The molecule has 0 aromatic rings. The normalized spacial score (nSPS) is 15.5. The van der Waals surface area contributed by atoms with Crippen LogP contribution in [0.5, 0.6) is 0 Å².